The first-order valence-electron chi connectivity index (χ1n) is 5.76. The Labute approximate surface area is 99.3 Å². The second kappa shape index (κ2) is 4.45. The van der Waals surface area contributed by atoms with E-state index >= 15 is 0 Å². The topological polar surface area (TPSA) is 63.6 Å². The maximum Gasteiger partial charge on any atom is 0.133 e. The number of fused-ring (bicyclic) bond motifs is 1. The second-order valence-corrected chi connectivity index (χ2v) is 4.07. The first-order valence-corrected chi connectivity index (χ1v) is 5.76. The quantitative estimate of drug-likeness (QED) is 0.858. The van der Waals surface area contributed by atoms with E-state index in [2.05, 4.69) is 25.5 Å². The van der Waals surface area contributed by atoms with Gasteiger partial charge in [-0.15, -0.1) is 0 Å². The molecule has 0 radical (unpaired) electrons. The summed E-state index contributed by atoms with van der Waals surface area (Å²) in [5.74, 6) is 0.943. The predicted octanol–water partition coefficient (Wildman–Crippen LogP) is 1.37. The molecule has 0 bridgehead atoms. The Balaban J connectivity index is 1.76. The molecule has 17 heavy (non-hydrogen) atoms. The van der Waals surface area contributed by atoms with E-state index in [0.29, 0.717) is 6.54 Å². The lowest BCUT2D eigenvalue weighted by molar-refractivity contribution is 0.898. The third-order valence-electron chi connectivity index (χ3n) is 2.94. The van der Waals surface area contributed by atoms with Crippen LogP contribution in [-0.4, -0.2) is 20.2 Å². The van der Waals surface area contributed by atoms with Crippen molar-refractivity contribution in [3.8, 4) is 0 Å². The van der Waals surface area contributed by atoms with E-state index < -0.39 is 0 Å². The highest BCUT2D eigenvalue weighted by molar-refractivity contribution is 5.48. The van der Waals surface area contributed by atoms with Crippen molar-refractivity contribution < 1.29 is 0 Å². The van der Waals surface area contributed by atoms with Crippen LogP contribution in [0.1, 0.15) is 23.4 Å². The summed E-state index contributed by atoms with van der Waals surface area (Å²) in [6.07, 6.45) is 6.61. The van der Waals surface area contributed by atoms with Crippen molar-refractivity contribution in [2.45, 2.75) is 25.8 Å². The van der Waals surface area contributed by atoms with Crippen LogP contribution in [0.25, 0.3) is 0 Å². The van der Waals surface area contributed by atoms with Gasteiger partial charge in [-0.1, -0.05) is 0 Å². The minimum atomic E-state index is 0.650. The van der Waals surface area contributed by atoms with Crippen molar-refractivity contribution in [3.63, 3.8) is 0 Å². The normalized spacial score (nSPS) is 13.4. The summed E-state index contributed by atoms with van der Waals surface area (Å²) in [5.41, 5.74) is 3.36. The van der Waals surface area contributed by atoms with Crippen LogP contribution in [0.4, 0.5) is 5.82 Å². The molecule has 0 aliphatic heterocycles. The number of hydrogen-bond acceptors (Lipinski definition) is 5. The number of aromatic nitrogens is 4. The highest BCUT2D eigenvalue weighted by Gasteiger charge is 2.16. The lowest BCUT2D eigenvalue weighted by Crippen LogP contribution is -2.07. The maximum atomic E-state index is 4.30. The average Bonchev–Trinajstić information content (AvgIpc) is 2.86. The van der Waals surface area contributed by atoms with Gasteiger partial charge < -0.3 is 5.32 Å². The molecule has 1 aliphatic rings. The third kappa shape index (κ3) is 2.08. The zero-order chi connectivity index (χ0) is 11.5. The Bertz CT molecular complexity index is 512. The molecule has 2 aromatic rings. The van der Waals surface area contributed by atoms with E-state index in [1.54, 1.807) is 12.5 Å². The van der Waals surface area contributed by atoms with E-state index in [9.17, 15) is 0 Å². The SMILES string of the molecule is c1cnnc(CNc2ncnc3c2CCC3)c1. The Hall–Kier alpha value is -2.04. The molecule has 2 aromatic heterocycles. The number of anilines is 1. The highest BCUT2D eigenvalue weighted by Crippen LogP contribution is 2.25. The van der Waals surface area contributed by atoms with Crippen LogP contribution in [0.15, 0.2) is 24.7 Å². The zero-order valence-corrected chi connectivity index (χ0v) is 9.43. The molecular formula is C12H13N5. The third-order valence-corrected chi connectivity index (χ3v) is 2.94. The van der Waals surface area contributed by atoms with E-state index in [-0.39, 0.29) is 0 Å². The van der Waals surface area contributed by atoms with Gasteiger partial charge in [0, 0.05) is 17.5 Å². The van der Waals surface area contributed by atoms with Crippen molar-refractivity contribution in [1.82, 2.24) is 20.2 Å². The molecule has 0 fully saturated rings. The Morgan fingerprint density at radius 3 is 3.12 bits per heavy atom. The predicted molar refractivity (Wildman–Crippen MR) is 63.4 cm³/mol. The van der Waals surface area contributed by atoms with Crippen LogP contribution in [-0.2, 0) is 19.4 Å². The number of nitrogens with one attached hydrogen (secondary N) is 1. The van der Waals surface area contributed by atoms with Crippen LogP contribution in [0, 0.1) is 0 Å². The summed E-state index contributed by atoms with van der Waals surface area (Å²) in [4.78, 5) is 8.59. The van der Waals surface area contributed by atoms with E-state index in [1.807, 2.05) is 12.1 Å². The van der Waals surface area contributed by atoms with Gasteiger partial charge in [0.25, 0.3) is 0 Å². The first kappa shape index (κ1) is 10.1. The first-order chi connectivity index (χ1) is 8.43. The summed E-state index contributed by atoms with van der Waals surface area (Å²) in [6, 6.07) is 3.83. The molecular weight excluding hydrogens is 214 g/mol. The lowest BCUT2D eigenvalue weighted by Gasteiger charge is -2.08. The minimum Gasteiger partial charge on any atom is -0.364 e. The monoisotopic (exact) mass is 227 g/mol. The van der Waals surface area contributed by atoms with Gasteiger partial charge >= 0.3 is 0 Å². The highest BCUT2D eigenvalue weighted by atomic mass is 15.1. The summed E-state index contributed by atoms with van der Waals surface area (Å²) < 4.78 is 0. The number of hydrogen-bond donors (Lipinski definition) is 1. The zero-order valence-electron chi connectivity index (χ0n) is 9.43. The van der Waals surface area contributed by atoms with Crippen LogP contribution in [0.3, 0.4) is 0 Å². The molecule has 3 rings (SSSR count). The van der Waals surface area contributed by atoms with E-state index in [1.165, 1.54) is 17.7 Å². The Morgan fingerprint density at radius 2 is 2.24 bits per heavy atom. The average molecular weight is 227 g/mol. The minimum absolute atomic E-state index is 0.650. The second-order valence-electron chi connectivity index (χ2n) is 4.07. The van der Waals surface area contributed by atoms with Gasteiger partial charge in [0.2, 0.25) is 0 Å². The molecule has 86 valence electrons. The molecule has 0 spiro atoms. The van der Waals surface area contributed by atoms with Gasteiger partial charge in [-0.05, 0) is 31.4 Å². The molecule has 0 amide bonds. The molecule has 1 aliphatic carbocycles. The fraction of sp³-hybridized carbons (Fsp3) is 0.333. The maximum absolute atomic E-state index is 4.30. The molecule has 0 saturated carbocycles. The van der Waals surface area contributed by atoms with Gasteiger partial charge in [-0.25, -0.2) is 9.97 Å². The number of aryl methyl sites for hydroxylation is 1. The summed E-state index contributed by atoms with van der Waals surface area (Å²) >= 11 is 0. The Morgan fingerprint density at radius 1 is 1.24 bits per heavy atom. The molecule has 0 unspecified atom stereocenters. The van der Waals surface area contributed by atoms with Crippen LogP contribution < -0.4 is 5.32 Å². The fourth-order valence-corrected chi connectivity index (χ4v) is 2.11. The summed E-state index contributed by atoms with van der Waals surface area (Å²) in [6.45, 7) is 0.650. The van der Waals surface area contributed by atoms with Gasteiger partial charge in [0.15, 0.2) is 0 Å². The van der Waals surface area contributed by atoms with Gasteiger partial charge in [-0.3, -0.25) is 0 Å². The van der Waals surface area contributed by atoms with E-state index in [0.717, 1.165) is 24.4 Å². The van der Waals surface area contributed by atoms with Crippen molar-refractivity contribution >= 4 is 5.82 Å². The standard InChI is InChI=1S/C12H13N5/c1-4-10-11(5-1)14-8-15-12(10)13-7-9-3-2-6-16-17-9/h2-3,6,8H,1,4-5,7H2,(H,13,14,15). The number of rotatable bonds is 3. The van der Waals surface area contributed by atoms with Crippen molar-refractivity contribution in [2.24, 2.45) is 0 Å². The summed E-state index contributed by atoms with van der Waals surface area (Å²) in [7, 11) is 0. The smallest absolute Gasteiger partial charge is 0.133 e. The van der Waals surface area contributed by atoms with Crippen molar-refractivity contribution in [1.29, 1.82) is 0 Å². The number of nitrogens with zero attached hydrogens (tertiary/aromatic N) is 4. The largest absolute Gasteiger partial charge is 0.364 e. The molecule has 2 heterocycles. The Kier molecular flexibility index (Phi) is 2.65. The molecule has 0 atom stereocenters. The van der Waals surface area contributed by atoms with Gasteiger partial charge in [0.1, 0.15) is 12.1 Å². The van der Waals surface area contributed by atoms with Crippen molar-refractivity contribution in [3.05, 3.63) is 41.6 Å². The van der Waals surface area contributed by atoms with Crippen LogP contribution in [0.5, 0.6) is 0 Å². The van der Waals surface area contributed by atoms with Crippen LogP contribution >= 0.6 is 0 Å². The van der Waals surface area contributed by atoms with E-state index in [4.69, 9.17) is 0 Å². The summed E-state index contributed by atoms with van der Waals surface area (Å²) in [5, 5.41) is 11.2. The molecule has 0 saturated heterocycles. The molecule has 0 aromatic carbocycles. The molecule has 5 nitrogen and oxygen atoms in total. The molecule has 1 N–H and O–H groups in total. The fourth-order valence-electron chi connectivity index (χ4n) is 2.11. The lowest BCUT2D eigenvalue weighted by atomic mass is 10.2. The van der Waals surface area contributed by atoms with Crippen molar-refractivity contribution in [2.75, 3.05) is 5.32 Å². The van der Waals surface area contributed by atoms with Gasteiger partial charge in [-0.2, -0.15) is 10.2 Å². The molecule has 5 heteroatoms. The van der Waals surface area contributed by atoms with Gasteiger partial charge in [0.05, 0.1) is 12.2 Å². The van der Waals surface area contributed by atoms with Crippen LogP contribution in [0.2, 0.25) is 0 Å².